The second kappa shape index (κ2) is 8.60. The van der Waals surface area contributed by atoms with Gasteiger partial charge in [0.05, 0.1) is 16.7 Å². The zero-order chi connectivity index (χ0) is 21.3. The van der Waals surface area contributed by atoms with Gasteiger partial charge < -0.3 is 4.90 Å². The Balaban J connectivity index is 1.67. The molecule has 1 aromatic carbocycles. The molecule has 0 bridgehead atoms. The number of benzene rings is 1. The van der Waals surface area contributed by atoms with E-state index in [9.17, 15) is 9.59 Å². The summed E-state index contributed by atoms with van der Waals surface area (Å²) >= 11 is 1.30. The zero-order valence-corrected chi connectivity index (χ0v) is 18.4. The first-order valence-electron chi connectivity index (χ1n) is 10.3. The van der Waals surface area contributed by atoms with Crippen molar-refractivity contribution in [3.63, 3.8) is 0 Å². The maximum atomic E-state index is 13.2. The normalized spacial score (nSPS) is 19.2. The van der Waals surface area contributed by atoms with Crippen LogP contribution < -0.4 is 5.56 Å². The number of aryl methyl sites for hydroxylation is 1. The molecule has 6 nitrogen and oxygen atoms in total. The number of nitrogens with zero attached hydrogens (tertiary/aromatic N) is 4. The van der Waals surface area contributed by atoms with Gasteiger partial charge in [-0.3, -0.25) is 9.59 Å². The summed E-state index contributed by atoms with van der Waals surface area (Å²) in [5.74, 6) is 1.87. The van der Waals surface area contributed by atoms with Crippen molar-refractivity contribution in [1.29, 1.82) is 0 Å². The quantitative estimate of drug-likeness (QED) is 0.474. The first kappa shape index (κ1) is 20.6. The van der Waals surface area contributed by atoms with Crippen LogP contribution in [0, 0.1) is 18.8 Å². The average Bonchev–Trinajstić information content (AvgIpc) is 2.72. The molecule has 3 aromatic rings. The third-order valence-electron chi connectivity index (χ3n) is 5.42. The predicted octanol–water partition coefficient (Wildman–Crippen LogP) is 3.69. The van der Waals surface area contributed by atoms with Gasteiger partial charge in [0.15, 0.2) is 5.16 Å². The van der Waals surface area contributed by atoms with Crippen molar-refractivity contribution in [2.75, 3.05) is 18.8 Å². The zero-order valence-electron chi connectivity index (χ0n) is 17.5. The molecule has 0 N–H and O–H groups in total. The summed E-state index contributed by atoms with van der Waals surface area (Å²) in [6.45, 7) is 7.92. The second-order valence-corrected chi connectivity index (χ2v) is 9.22. The average molecular weight is 423 g/mol. The number of amides is 1. The number of likely N-dealkylation sites (tertiary alicyclic amines) is 1. The highest BCUT2D eigenvalue weighted by molar-refractivity contribution is 7.99. The smallest absolute Gasteiger partial charge is 0.267 e. The van der Waals surface area contributed by atoms with Crippen molar-refractivity contribution in [2.24, 2.45) is 11.8 Å². The molecule has 1 saturated heterocycles. The van der Waals surface area contributed by atoms with Gasteiger partial charge >= 0.3 is 0 Å². The van der Waals surface area contributed by atoms with Crippen LogP contribution in [0.4, 0.5) is 0 Å². The van der Waals surface area contributed by atoms with Gasteiger partial charge in [-0.2, -0.15) is 0 Å². The van der Waals surface area contributed by atoms with Crippen LogP contribution in [-0.4, -0.2) is 44.2 Å². The topological polar surface area (TPSA) is 68.1 Å². The van der Waals surface area contributed by atoms with E-state index in [2.05, 4.69) is 18.8 Å². The Kier molecular flexibility index (Phi) is 5.90. The molecule has 1 aliphatic heterocycles. The lowest BCUT2D eigenvalue weighted by molar-refractivity contribution is -0.130. The first-order valence-corrected chi connectivity index (χ1v) is 11.3. The van der Waals surface area contributed by atoms with Gasteiger partial charge in [-0.25, -0.2) is 14.5 Å². The third-order valence-corrected chi connectivity index (χ3v) is 6.34. The van der Waals surface area contributed by atoms with Crippen LogP contribution in [0.1, 0.15) is 25.8 Å². The lowest BCUT2D eigenvalue weighted by Crippen LogP contribution is -2.43. The van der Waals surface area contributed by atoms with Crippen LogP contribution in [0.5, 0.6) is 0 Å². The summed E-state index contributed by atoms with van der Waals surface area (Å²) in [6, 6.07) is 11.0. The molecule has 1 aliphatic rings. The summed E-state index contributed by atoms with van der Waals surface area (Å²) in [5.41, 5.74) is 1.46. The van der Waals surface area contributed by atoms with Crippen molar-refractivity contribution < 1.29 is 4.79 Å². The van der Waals surface area contributed by atoms with E-state index in [1.807, 2.05) is 42.2 Å². The molecule has 0 aliphatic carbocycles. The van der Waals surface area contributed by atoms with E-state index in [-0.39, 0.29) is 17.2 Å². The molecule has 3 heterocycles. The SMILES string of the molecule is Cc1ccc(-n2c(SCC(=O)N3CC(C)CC(C)C3)nc3ccccc3c2=O)nc1. The highest BCUT2D eigenvalue weighted by Gasteiger charge is 2.26. The van der Waals surface area contributed by atoms with Crippen LogP contribution in [0.3, 0.4) is 0 Å². The van der Waals surface area contributed by atoms with Gasteiger partial charge in [-0.15, -0.1) is 0 Å². The lowest BCUT2D eigenvalue weighted by Gasteiger charge is -2.35. The number of hydrogen-bond acceptors (Lipinski definition) is 5. The molecular formula is C23H26N4O2S. The van der Waals surface area contributed by atoms with Gasteiger partial charge in [0, 0.05) is 19.3 Å². The monoisotopic (exact) mass is 422 g/mol. The summed E-state index contributed by atoms with van der Waals surface area (Å²) < 4.78 is 1.52. The van der Waals surface area contributed by atoms with Gasteiger partial charge in [0.1, 0.15) is 5.82 Å². The van der Waals surface area contributed by atoms with Gasteiger partial charge in [-0.1, -0.05) is 43.8 Å². The van der Waals surface area contributed by atoms with E-state index >= 15 is 0 Å². The van der Waals surface area contributed by atoms with Gasteiger partial charge in [0.2, 0.25) is 5.91 Å². The highest BCUT2D eigenvalue weighted by Crippen LogP contribution is 2.24. The number of pyridine rings is 1. The number of fused-ring (bicyclic) bond motifs is 1. The fraction of sp³-hybridized carbons (Fsp3) is 0.391. The van der Waals surface area contributed by atoms with E-state index in [4.69, 9.17) is 4.98 Å². The van der Waals surface area contributed by atoms with Crippen LogP contribution in [-0.2, 0) is 4.79 Å². The third kappa shape index (κ3) is 4.26. The van der Waals surface area contributed by atoms with Gasteiger partial charge in [0.25, 0.3) is 5.56 Å². The molecule has 0 spiro atoms. The number of thioether (sulfide) groups is 1. The number of carbonyl (C=O) groups excluding carboxylic acids is 1. The molecule has 1 amide bonds. The molecule has 1 fully saturated rings. The van der Waals surface area contributed by atoms with E-state index in [1.54, 1.807) is 12.3 Å². The Morgan fingerprint density at radius 1 is 1.13 bits per heavy atom. The standard InChI is InChI=1S/C23H26N4O2S/c1-15-8-9-20(24-11-15)27-22(29)18-6-4-5-7-19(18)25-23(27)30-14-21(28)26-12-16(2)10-17(3)13-26/h4-9,11,16-17H,10,12-14H2,1-3H3. The number of para-hydroxylation sites is 1. The van der Waals surface area contributed by atoms with Crippen molar-refractivity contribution in [3.8, 4) is 5.82 Å². The minimum absolute atomic E-state index is 0.0872. The lowest BCUT2D eigenvalue weighted by atomic mass is 9.92. The molecule has 7 heteroatoms. The summed E-state index contributed by atoms with van der Waals surface area (Å²) in [7, 11) is 0. The molecule has 4 rings (SSSR count). The molecular weight excluding hydrogens is 396 g/mol. The van der Waals surface area contributed by atoms with Crippen molar-refractivity contribution in [1.82, 2.24) is 19.4 Å². The molecule has 2 unspecified atom stereocenters. The minimum atomic E-state index is -0.174. The fourth-order valence-electron chi connectivity index (χ4n) is 4.09. The molecule has 0 radical (unpaired) electrons. The molecule has 2 atom stereocenters. The largest absolute Gasteiger partial charge is 0.341 e. The molecule has 156 valence electrons. The van der Waals surface area contributed by atoms with Crippen molar-refractivity contribution in [2.45, 2.75) is 32.3 Å². The molecule has 30 heavy (non-hydrogen) atoms. The van der Waals surface area contributed by atoms with Crippen LogP contribution in [0.25, 0.3) is 16.7 Å². The summed E-state index contributed by atoms with van der Waals surface area (Å²) in [5, 5.41) is 1.02. The first-order chi connectivity index (χ1) is 14.4. The maximum Gasteiger partial charge on any atom is 0.267 e. The minimum Gasteiger partial charge on any atom is -0.341 e. The Morgan fingerprint density at radius 3 is 2.57 bits per heavy atom. The van der Waals surface area contributed by atoms with Crippen LogP contribution in [0.15, 0.2) is 52.5 Å². The fourth-order valence-corrected chi connectivity index (χ4v) is 4.99. The summed E-state index contributed by atoms with van der Waals surface area (Å²) in [4.78, 5) is 37.2. The van der Waals surface area contributed by atoms with Crippen molar-refractivity contribution in [3.05, 3.63) is 58.5 Å². The van der Waals surface area contributed by atoms with Gasteiger partial charge in [-0.05, 0) is 48.9 Å². The van der Waals surface area contributed by atoms with E-state index < -0.39 is 0 Å². The predicted molar refractivity (Wildman–Crippen MR) is 120 cm³/mol. The van der Waals surface area contributed by atoms with E-state index in [1.165, 1.54) is 16.3 Å². The number of rotatable bonds is 4. The highest BCUT2D eigenvalue weighted by atomic mass is 32.2. The summed E-state index contributed by atoms with van der Waals surface area (Å²) in [6.07, 6.45) is 2.88. The molecule has 2 aromatic heterocycles. The number of aromatic nitrogens is 3. The number of piperidine rings is 1. The Morgan fingerprint density at radius 2 is 1.87 bits per heavy atom. The number of hydrogen-bond donors (Lipinski definition) is 0. The Hall–Kier alpha value is -2.67. The van der Waals surface area contributed by atoms with Crippen molar-refractivity contribution >= 4 is 28.6 Å². The van der Waals surface area contributed by atoms with Crippen LogP contribution in [0.2, 0.25) is 0 Å². The number of carbonyl (C=O) groups is 1. The second-order valence-electron chi connectivity index (χ2n) is 8.28. The van der Waals surface area contributed by atoms with E-state index in [0.29, 0.717) is 33.7 Å². The Bertz CT molecular complexity index is 1120. The maximum absolute atomic E-state index is 13.2. The van der Waals surface area contributed by atoms with Crippen LogP contribution >= 0.6 is 11.8 Å². The Labute approximate surface area is 180 Å². The van der Waals surface area contributed by atoms with E-state index in [0.717, 1.165) is 25.1 Å². The molecule has 0 saturated carbocycles.